The highest BCUT2D eigenvalue weighted by atomic mass is 35.5. The Morgan fingerprint density at radius 1 is 1.35 bits per heavy atom. The molecule has 0 aliphatic carbocycles. The molecule has 1 rings (SSSR count). The number of aliphatic carboxylic acids is 1. The van der Waals surface area contributed by atoms with Crippen LogP contribution in [0.1, 0.15) is 48.7 Å². The summed E-state index contributed by atoms with van der Waals surface area (Å²) < 4.78 is 0.598. The molecule has 0 fully saturated rings. The van der Waals surface area contributed by atoms with Gasteiger partial charge in [0.1, 0.15) is 0 Å². The first-order valence-electron chi connectivity index (χ1n) is 6.78. The zero-order valence-electron chi connectivity index (χ0n) is 11.5. The number of hydrogen-bond acceptors (Lipinski definition) is 3. The summed E-state index contributed by atoms with van der Waals surface area (Å²) in [5, 5.41) is 11.6. The molecule has 1 atom stereocenters. The molecule has 1 amide bonds. The fourth-order valence-corrected chi connectivity index (χ4v) is 3.04. The van der Waals surface area contributed by atoms with Gasteiger partial charge in [-0.3, -0.25) is 9.59 Å². The number of carbonyl (C=O) groups excluding carboxylic acids is 1. The van der Waals surface area contributed by atoms with Crippen LogP contribution in [0.2, 0.25) is 4.34 Å². The molecule has 1 aromatic rings. The summed E-state index contributed by atoms with van der Waals surface area (Å²) >= 11 is 7.04. The van der Waals surface area contributed by atoms with Gasteiger partial charge in [-0.1, -0.05) is 31.4 Å². The molecule has 0 bridgehead atoms. The number of nitrogens with one attached hydrogen (secondary N) is 1. The summed E-state index contributed by atoms with van der Waals surface area (Å²) in [5.74, 6) is -0.526. The van der Waals surface area contributed by atoms with E-state index in [9.17, 15) is 9.59 Å². The number of halogens is 1. The minimum atomic E-state index is -0.761. The van der Waals surface area contributed by atoms with Crippen molar-refractivity contribution in [2.45, 2.75) is 39.0 Å². The van der Waals surface area contributed by atoms with Gasteiger partial charge in [0.2, 0.25) is 0 Å². The maximum atomic E-state index is 11.8. The van der Waals surface area contributed by atoms with Crippen LogP contribution in [0.4, 0.5) is 0 Å². The topological polar surface area (TPSA) is 66.4 Å². The molecular formula is C14H20ClNO3S. The van der Waals surface area contributed by atoms with E-state index >= 15 is 0 Å². The normalized spacial score (nSPS) is 12.1. The molecule has 112 valence electrons. The number of carboxylic acid groups (broad SMARTS) is 1. The monoisotopic (exact) mass is 317 g/mol. The first kappa shape index (κ1) is 17.0. The molecule has 1 unspecified atom stereocenters. The quantitative estimate of drug-likeness (QED) is 0.728. The fourth-order valence-electron chi connectivity index (χ4n) is 2.08. The lowest BCUT2D eigenvalue weighted by Crippen LogP contribution is -2.25. The molecule has 0 aliphatic heterocycles. The Bertz CT molecular complexity index is 447. The molecule has 0 spiro atoms. The predicted octanol–water partition coefficient (Wildman–Crippen LogP) is 3.80. The highest BCUT2D eigenvalue weighted by molar-refractivity contribution is 7.17. The highest BCUT2D eigenvalue weighted by Gasteiger charge is 2.12. The van der Waals surface area contributed by atoms with Gasteiger partial charge in [0, 0.05) is 13.0 Å². The van der Waals surface area contributed by atoms with Crippen LogP contribution in [-0.4, -0.2) is 23.5 Å². The first-order chi connectivity index (χ1) is 9.52. The predicted molar refractivity (Wildman–Crippen MR) is 81.5 cm³/mol. The van der Waals surface area contributed by atoms with Crippen molar-refractivity contribution in [3.63, 3.8) is 0 Å². The molecule has 4 nitrogen and oxygen atoms in total. The van der Waals surface area contributed by atoms with Gasteiger partial charge in [0.05, 0.1) is 9.21 Å². The van der Waals surface area contributed by atoms with Crippen molar-refractivity contribution in [1.29, 1.82) is 0 Å². The lowest BCUT2D eigenvalue weighted by molar-refractivity contribution is -0.137. The number of carboxylic acids is 1. The zero-order chi connectivity index (χ0) is 15.0. The zero-order valence-corrected chi connectivity index (χ0v) is 13.1. The molecule has 0 radical (unpaired) electrons. The molecule has 1 aromatic heterocycles. The van der Waals surface area contributed by atoms with E-state index in [0.717, 1.165) is 19.3 Å². The number of hydrogen-bond donors (Lipinski definition) is 2. The summed E-state index contributed by atoms with van der Waals surface area (Å²) in [4.78, 5) is 23.0. The Morgan fingerprint density at radius 3 is 2.65 bits per heavy atom. The Hall–Kier alpha value is -1.07. The van der Waals surface area contributed by atoms with Crippen molar-refractivity contribution in [3.05, 3.63) is 21.3 Å². The van der Waals surface area contributed by atoms with Crippen molar-refractivity contribution in [3.8, 4) is 0 Å². The molecule has 0 saturated carbocycles. The van der Waals surface area contributed by atoms with Crippen LogP contribution in [0.3, 0.4) is 0 Å². The van der Waals surface area contributed by atoms with E-state index in [-0.39, 0.29) is 12.3 Å². The minimum absolute atomic E-state index is 0.115. The summed E-state index contributed by atoms with van der Waals surface area (Å²) in [6.45, 7) is 2.65. The standard InChI is InChI=1S/C14H20ClNO3S/c1-2-3-10(4-7-13(17)18)8-9-16-14(19)11-5-6-12(15)20-11/h5-6,10H,2-4,7-9H2,1H3,(H,16,19)(H,17,18). The summed E-state index contributed by atoms with van der Waals surface area (Å²) in [6.07, 6.45) is 3.70. The van der Waals surface area contributed by atoms with E-state index in [1.165, 1.54) is 11.3 Å². The van der Waals surface area contributed by atoms with E-state index in [0.29, 0.717) is 28.1 Å². The maximum absolute atomic E-state index is 11.8. The Kier molecular flexibility index (Phi) is 7.62. The smallest absolute Gasteiger partial charge is 0.303 e. The first-order valence-corrected chi connectivity index (χ1v) is 7.97. The second-order valence-corrected chi connectivity index (χ2v) is 6.45. The van der Waals surface area contributed by atoms with Gasteiger partial charge in [0.15, 0.2) is 0 Å². The third-order valence-electron chi connectivity index (χ3n) is 3.10. The molecule has 6 heteroatoms. The molecule has 0 aliphatic rings. The molecule has 1 heterocycles. The van der Waals surface area contributed by atoms with Crippen LogP contribution >= 0.6 is 22.9 Å². The van der Waals surface area contributed by atoms with Gasteiger partial charge >= 0.3 is 5.97 Å². The van der Waals surface area contributed by atoms with Crippen molar-refractivity contribution >= 4 is 34.8 Å². The van der Waals surface area contributed by atoms with Gasteiger partial charge in [-0.05, 0) is 30.9 Å². The second-order valence-electron chi connectivity index (χ2n) is 4.74. The average molecular weight is 318 g/mol. The van der Waals surface area contributed by atoms with Crippen LogP contribution < -0.4 is 5.32 Å². The SMILES string of the molecule is CCCC(CCNC(=O)c1ccc(Cl)s1)CCC(=O)O. The molecule has 0 aromatic carbocycles. The minimum Gasteiger partial charge on any atom is -0.481 e. The van der Waals surface area contributed by atoms with Crippen LogP contribution in [0.25, 0.3) is 0 Å². The van der Waals surface area contributed by atoms with Crippen LogP contribution in [0.5, 0.6) is 0 Å². The van der Waals surface area contributed by atoms with Crippen molar-refractivity contribution in [2.75, 3.05) is 6.54 Å². The number of carbonyl (C=O) groups is 2. The summed E-state index contributed by atoms with van der Waals surface area (Å²) in [6, 6.07) is 3.41. The van der Waals surface area contributed by atoms with Crippen LogP contribution in [-0.2, 0) is 4.79 Å². The molecule has 20 heavy (non-hydrogen) atoms. The average Bonchev–Trinajstić information content (AvgIpc) is 2.82. The molecule has 0 saturated heterocycles. The summed E-state index contributed by atoms with van der Waals surface area (Å²) in [5.41, 5.74) is 0. The third-order valence-corrected chi connectivity index (χ3v) is 4.33. The summed E-state index contributed by atoms with van der Waals surface area (Å²) in [7, 11) is 0. The van der Waals surface area contributed by atoms with Gasteiger partial charge in [-0.2, -0.15) is 0 Å². The van der Waals surface area contributed by atoms with Gasteiger partial charge in [-0.15, -0.1) is 11.3 Å². The van der Waals surface area contributed by atoms with Crippen molar-refractivity contribution in [2.24, 2.45) is 5.92 Å². The number of thiophene rings is 1. The molecule has 2 N–H and O–H groups in total. The van der Waals surface area contributed by atoms with E-state index in [1.807, 2.05) is 0 Å². The number of rotatable bonds is 9. The van der Waals surface area contributed by atoms with E-state index in [2.05, 4.69) is 12.2 Å². The second kappa shape index (κ2) is 8.97. The Labute approximate surface area is 128 Å². The lowest BCUT2D eigenvalue weighted by Gasteiger charge is -2.15. The van der Waals surface area contributed by atoms with Crippen molar-refractivity contribution < 1.29 is 14.7 Å². The Morgan fingerprint density at radius 2 is 2.10 bits per heavy atom. The maximum Gasteiger partial charge on any atom is 0.303 e. The largest absolute Gasteiger partial charge is 0.481 e. The number of amides is 1. The Balaban J connectivity index is 2.32. The van der Waals surface area contributed by atoms with E-state index < -0.39 is 5.97 Å². The van der Waals surface area contributed by atoms with Gasteiger partial charge in [0.25, 0.3) is 5.91 Å². The molecular weight excluding hydrogens is 298 g/mol. The van der Waals surface area contributed by atoms with Gasteiger partial charge in [-0.25, -0.2) is 0 Å². The van der Waals surface area contributed by atoms with Crippen LogP contribution in [0, 0.1) is 5.92 Å². The van der Waals surface area contributed by atoms with E-state index in [4.69, 9.17) is 16.7 Å². The van der Waals surface area contributed by atoms with Crippen LogP contribution in [0.15, 0.2) is 12.1 Å². The van der Waals surface area contributed by atoms with Crippen molar-refractivity contribution in [1.82, 2.24) is 5.32 Å². The lowest BCUT2D eigenvalue weighted by atomic mass is 9.94. The third kappa shape index (κ3) is 6.39. The fraction of sp³-hybridized carbons (Fsp3) is 0.571. The van der Waals surface area contributed by atoms with Gasteiger partial charge < -0.3 is 10.4 Å². The van der Waals surface area contributed by atoms with E-state index in [1.54, 1.807) is 12.1 Å². The highest BCUT2D eigenvalue weighted by Crippen LogP contribution is 2.21.